The predicted octanol–water partition coefficient (Wildman–Crippen LogP) is 2.13. The first kappa shape index (κ1) is 22.3. The number of carbonyl (C=O) groups is 2. The standard InChI is InChI=1S/C22H20F2N4O5/c1-26-18(7-13-11-25-16-8-15(24)9-17(19(13)16)28(32)33)20(29)27(2)22(31,21(26)30)10-12-4-3-5-14(23)6-12/h3-6,8-9,11,18,25,31H,7,10H2,1-2H3/t18-,22+/m0/s1. The van der Waals surface area contributed by atoms with Crippen LogP contribution in [0.25, 0.3) is 10.9 Å². The molecule has 9 nitrogen and oxygen atoms in total. The summed E-state index contributed by atoms with van der Waals surface area (Å²) in [4.78, 5) is 41.8. The molecule has 2 aromatic carbocycles. The van der Waals surface area contributed by atoms with E-state index in [1.807, 2.05) is 0 Å². The number of hydrogen-bond donors (Lipinski definition) is 2. The number of likely N-dealkylation sites (N-methyl/N-ethyl adjacent to an activating group) is 2. The molecule has 2 heterocycles. The number of carbonyl (C=O) groups excluding carboxylic acids is 2. The van der Waals surface area contributed by atoms with Crippen molar-refractivity contribution in [2.75, 3.05) is 14.1 Å². The summed E-state index contributed by atoms with van der Waals surface area (Å²) in [5, 5.41) is 22.7. The summed E-state index contributed by atoms with van der Waals surface area (Å²) in [5.41, 5.74) is -1.84. The largest absolute Gasteiger partial charge is 0.363 e. The van der Waals surface area contributed by atoms with Crippen LogP contribution in [0.4, 0.5) is 14.5 Å². The van der Waals surface area contributed by atoms with Crippen molar-refractivity contribution in [2.45, 2.75) is 24.6 Å². The molecule has 0 aliphatic carbocycles. The number of hydrogen-bond acceptors (Lipinski definition) is 5. The van der Waals surface area contributed by atoms with Gasteiger partial charge in [-0.2, -0.15) is 0 Å². The highest BCUT2D eigenvalue weighted by Gasteiger charge is 2.53. The van der Waals surface area contributed by atoms with E-state index in [2.05, 4.69) is 4.98 Å². The van der Waals surface area contributed by atoms with Crippen LogP contribution in [0, 0.1) is 21.7 Å². The predicted molar refractivity (Wildman–Crippen MR) is 113 cm³/mol. The molecule has 33 heavy (non-hydrogen) atoms. The lowest BCUT2D eigenvalue weighted by Gasteiger charge is -2.47. The molecule has 0 saturated carbocycles. The second-order valence-corrected chi connectivity index (χ2v) is 8.08. The molecule has 172 valence electrons. The third-order valence-corrected chi connectivity index (χ3v) is 6.06. The summed E-state index contributed by atoms with van der Waals surface area (Å²) in [7, 11) is 2.62. The van der Waals surface area contributed by atoms with E-state index in [-0.39, 0.29) is 23.7 Å². The van der Waals surface area contributed by atoms with Crippen LogP contribution < -0.4 is 0 Å². The van der Waals surface area contributed by atoms with Gasteiger partial charge in [0, 0.05) is 33.1 Å². The lowest BCUT2D eigenvalue weighted by Crippen LogP contribution is -2.70. The summed E-state index contributed by atoms with van der Waals surface area (Å²) < 4.78 is 27.3. The van der Waals surface area contributed by atoms with Crippen LogP contribution in [-0.2, 0) is 22.4 Å². The number of amides is 2. The van der Waals surface area contributed by atoms with Gasteiger partial charge in [-0.15, -0.1) is 0 Å². The number of nitro benzene ring substituents is 1. The molecule has 2 amide bonds. The van der Waals surface area contributed by atoms with Crippen LogP contribution in [0.5, 0.6) is 0 Å². The van der Waals surface area contributed by atoms with Gasteiger partial charge in [-0.3, -0.25) is 19.7 Å². The lowest BCUT2D eigenvalue weighted by atomic mass is 9.92. The van der Waals surface area contributed by atoms with Crippen LogP contribution in [0.2, 0.25) is 0 Å². The van der Waals surface area contributed by atoms with E-state index in [1.54, 1.807) is 0 Å². The number of rotatable bonds is 5. The molecule has 11 heteroatoms. The fourth-order valence-corrected chi connectivity index (χ4v) is 4.28. The molecule has 2 atom stereocenters. The molecule has 0 bridgehead atoms. The van der Waals surface area contributed by atoms with Crippen LogP contribution >= 0.6 is 0 Å². The SMILES string of the molecule is CN1C(=O)[C@](O)(Cc2cccc(F)c2)N(C)C(=O)[C@@H]1Cc1c[nH]c2cc(F)cc([N+](=O)[O-])c12. The van der Waals surface area contributed by atoms with Crippen LogP contribution in [0.15, 0.2) is 42.6 Å². The van der Waals surface area contributed by atoms with Gasteiger partial charge in [0.05, 0.1) is 21.9 Å². The number of nitrogens with one attached hydrogen (secondary N) is 1. The van der Waals surface area contributed by atoms with Crippen molar-refractivity contribution in [2.24, 2.45) is 0 Å². The number of fused-ring (bicyclic) bond motifs is 1. The van der Waals surface area contributed by atoms with Gasteiger partial charge in [0.2, 0.25) is 11.6 Å². The molecule has 4 rings (SSSR count). The van der Waals surface area contributed by atoms with Crippen molar-refractivity contribution in [1.82, 2.24) is 14.8 Å². The second kappa shape index (κ2) is 7.93. The maximum absolute atomic E-state index is 13.8. The highest BCUT2D eigenvalue weighted by molar-refractivity contribution is 5.99. The van der Waals surface area contributed by atoms with Crippen molar-refractivity contribution in [3.8, 4) is 0 Å². The Labute approximate surface area is 186 Å². The van der Waals surface area contributed by atoms with Gasteiger partial charge in [0.1, 0.15) is 17.7 Å². The molecular weight excluding hydrogens is 438 g/mol. The van der Waals surface area contributed by atoms with E-state index in [4.69, 9.17) is 0 Å². The van der Waals surface area contributed by atoms with Gasteiger partial charge in [-0.1, -0.05) is 12.1 Å². The van der Waals surface area contributed by atoms with Gasteiger partial charge in [-0.05, 0) is 29.3 Å². The number of nitro groups is 1. The molecule has 0 spiro atoms. The maximum atomic E-state index is 13.8. The average Bonchev–Trinajstić information content (AvgIpc) is 3.16. The Kier molecular flexibility index (Phi) is 5.36. The molecule has 0 radical (unpaired) electrons. The smallest absolute Gasteiger partial charge is 0.281 e. The average molecular weight is 458 g/mol. The maximum Gasteiger partial charge on any atom is 0.281 e. The topological polar surface area (TPSA) is 120 Å². The molecule has 0 unspecified atom stereocenters. The first-order chi connectivity index (χ1) is 15.5. The molecular formula is C22H20F2N4O5. The number of nitrogens with zero attached hydrogens (tertiary/aromatic N) is 3. The number of halogens is 2. The number of non-ortho nitro benzene ring substituents is 1. The van der Waals surface area contributed by atoms with Gasteiger partial charge >= 0.3 is 0 Å². The molecule has 1 aliphatic heterocycles. The normalized spacial score (nSPS) is 21.2. The Morgan fingerprint density at radius 2 is 1.91 bits per heavy atom. The summed E-state index contributed by atoms with van der Waals surface area (Å²) in [6.07, 6.45) is 1.00. The molecule has 2 N–H and O–H groups in total. The zero-order valence-corrected chi connectivity index (χ0v) is 17.7. The van der Waals surface area contributed by atoms with Crippen LogP contribution in [0.1, 0.15) is 11.1 Å². The number of aromatic amines is 1. The van der Waals surface area contributed by atoms with E-state index in [9.17, 15) is 33.6 Å². The fraction of sp³-hybridized carbons (Fsp3) is 0.273. The van der Waals surface area contributed by atoms with Crippen molar-refractivity contribution in [1.29, 1.82) is 0 Å². The van der Waals surface area contributed by atoms with E-state index in [1.165, 1.54) is 44.6 Å². The third kappa shape index (κ3) is 3.69. The number of piperazine rings is 1. The highest BCUT2D eigenvalue weighted by Crippen LogP contribution is 2.33. The first-order valence-electron chi connectivity index (χ1n) is 9.98. The van der Waals surface area contributed by atoms with Gasteiger partial charge in [-0.25, -0.2) is 8.78 Å². The zero-order valence-electron chi connectivity index (χ0n) is 17.7. The molecule has 1 aliphatic rings. The summed E-state index contributed by atoms with van der Waals surface area (Å²) >= 11 is 0. The van der Waals surface area contributed by atoms with Gasteiger partial charge < -0.3 is 19.9 Å². The van der Waals surface area contributed by atoms with Crippen molar-refractivity contribution < 1.29 is 28.4 Å². The van der Waals surface area contributed by atoms with Crippen LogP contribution in [0.3, 0.4) is 0 Å². The van der Waals surface area contributed by atoms with Crippen molar-refractivity contribution in [3.05, 3.63) is 75.5 Å². The van der Waals surface area contributed by atoms with Crippen molar-refractivity contribution in [3.63, 3.8) is 0 Å². The Balaban J connectivity index is 1.67. The minimum Gasteiger partial charge on any atom is -0.363 e. The Hall–Kier alpha value is -3.86. The summed E-state index contributed by atoms with van der Waals surface area (Å²) in [6, 6.07) is 6.18. The number of H-pyrrole nitrogens is 1. The lowest BCUT2D eigenvalue weighted by molar-refractivity contribution is -0.383. The Morgan fingerprint density at radius 3 is 2.58 bits per heavy atom. The van der Waals surface area contributed by atoms with Gasteiger partial charge in [0.25, 0.3) is 11.6 Å². The molecule has 3 aromatic rings. The molecule has 1 saturated heterocycles. The number of benzene rings is 2. The quantitative estimate of drug-likeness (QED) is 0.448. The van der Waals surface area contributed by atoms with E-state index in [0.717, 1.165) is 21.9 Å². The molecule has 1 aromatic heterocycles. The summed E-state index contributed by atoms with van der Waals surface area (Å²) in [5.74, 6) is -2.71. The Morgan fingerprint density at radius 1 is 1.18 bits per heavy atom. The van der Waals surface area contributed by atoms with Crippen molar-refractivity contribution >= 4 is 28.4 Å². The zero-order chi connectivity index (χ0) is 24.1. The number of aliphatic hydroxyl groups is 1. The van der Waals surface area contributed by atoms with Crippen LogP contribution in [-0.4, -0.2) is 62.5 Å². The third-order valence-electron chi connectivity index (χ3n) is 6.06. The number of aromatic nitrogens is 1. The fourth-order valence-electron chi connectivity index (χ4n) is 4.28. The monoisotopic (exact) mass is 458 g/mol. The first-order valence-corrected chi connectivity index (χ1v) is 9.98. The minimum absolute atomic E-state index is 0.103. The highest BCUT2D eigenvalue weighted by atomic mass is 19.1. The van der Waals surface area contributed by atoms with E-state index in [0.29, 0.717) is 11.1 Å². The van der Waals surface area contributed by atoms with Gasteiger partial charge in [0.15, 0.2) is 0 Å². The molecule has 1 fully saturated rings. The van der Waals surface area contributed by atoms with E-state index < -0.39 is 45.8 Å². The Bertz CT molecular complexity index is 1290. The van der Waals surface area contributed by atoms with E-state index >= 15 is 0 Å². The summed E-state index contributed by atoms with van der Waals surface area (Å²) in [6.45, 7) is 0. The second-order valence-electron chi connectivity index (χ2n) is 8.08. The minimum atomic E-state index is -2.23.